The zero-order valence-electron chi connectivity index (χ0n) is 11.8. The van der Waals surface area contributed by atoms with Gasteiger partial charge in [0.15, 0.2) is 0 Å². The molecule has 1 amide bonds. The number of ether oxygens (including phenoxy) is 1. The zero-order valence-corrected chi connectivity index (χ0v) is 11.8. The van der Waals surface area contributed by atoms with E-state index in [1.807, 2.05) is 29.1 Å². The van der Waals surface area contributed by atoms with Crippen LogP contribution < -0.4 is 5.32 Å². The van der Waals surface area contributed by atoms with Crippen molar-refractivity contribution in [3.63, 3.8) is 0 Å². The second-order valence-corrected chi connectivity index (χ2v) is 5.31. The molecule has 2 aromatic rings. The van der Waals surface area contributed by atoms with Crippen LogP contribution in [-0.2, 0) is 11.8 Å². The van der Waals surface area contributed by atoms with Crippen molar-refractivity contribution < 1.29 is 14.6 Å². The number of carbonyl (C=O) groups is 1. The van der Waals surface area contributed by atoms with Crippen LogP contribution in [0.1, 0.15) is 16.8 Å². The molecular weight excluding hydrogens is 272 g/mol. The fourth-order valence-electron chi connectivity index (χ4n) is 2.45. The predicted octanol–water partition coefficient (Wildman–Crippen LogP) is 0.0920. The molecule has 3 heterocycles. The van der Waals surface area contributed by atoms with Gasteiger partial charge in [-0.3, -0.25) is 9.48 Å². The molecule has 0 bridgehead atoms. The van der Waals surface area contributed by atoms with Gasteiger partial charge in [-0.25, -0.2) is 0 Å². The lowest BCUT2D eigenvalue weighted by molar-refractivity contribution is 0.0264. The molecule has 1 saturated heterocycles. The largest absolute Gasteiger partial charge is 0.386 e. The Morgan fingerprint density at radius 2 is 2.29 bits per heavy atom. The minimum Gasteiger partial charge on any atom is -0.386 e. The molecule has 0 radical (unpaired) electrons. The number of nitrogens with one attached hydrogen (secondary N) is 1. The van der Waals surface area contributed by atoms with Crippen LogP contribution in [0.3, 0.4) is 0 Å². The van der Waals surface area contributed by atoms with Crippen LogP contribution in [0, 0.1) is 0 Å². The van der Waals surface area contributed by atoms with E-state index >= 15 is 0 Å². The van der Waals surface area contributed by atoms with E-state index in [1.165, 1.54) is 6.20 Å². The first-order chi connectivity index (χ1) is 10.1. The van der Waals surface area contributed by atoms with E-state index in [1.54, 1.807) is 11.7 Å². The van der Waals surface area contributed by atoms with Gasteiger partial charge in [-0.15, -0.1) is 0 Å². The van der Waals surface area contributed by atoms with Gasteiger partial charge in [-0.2, -0.15) is 5.10 Å². The van der Waals surface area contributed by atoms with Crippen molar-refractivity contribution in [3.8, 4) is 5.82 Å². The van der Waals surface area contributed by atoms with Gasteiger partial charge in [0.05, 0.1) is 12.8 Å². The number of hydrogen-bond donors (Lipinski definition) is 2. The standard InChI is InChI=1S/C14H18N4O3/c1-17-13(18-5-2-3-6-18)11(8-16-17)12(19)15-9-14(20)4-7-21-10-14/h2-3,5-6,8,20H,4,7,9-10H2,1H3,(H,15,19). The van der Waals surface area contributed by atoms with Gasteiger partial charge in [0, 0.05) is 39.0 Å². The summed E-state index contributed by atoms with van der Waals surface area (Å²) in [5.41, 5.74) is -0.498. The third-order valence-electron chi connectivity index (χ3n) is 3.66. The lowest BCUT2D eigenvalue weighted by Crippen LogP contribution is -2.43. The van der Waals surface area contributed by atoms with Gasteiger partial charge in [0.2, 0.25) is 0 Å². The summed E-state index contributed by atoms with van der Waals surface area (Å²) in [6.07, 6.45) is 5.77. The molecule has 1 atom stereocenters. The third-order valence-corrected chi connectivity index (χ3v) is 3.66. The Hall–Kier alpha value is -2.12. The van der Waals surface area contributed by atoms with E-state index in [2.05, 4.69) is 10.4 Å². The van der Waals surface area contributed by atoms with E-state index in [4.69, 9.17) is 4.74 Å². The Bertz CT molecular complexity index is 627. The Labute approximate surface area is 122 Å². The van der Waals surface area contributed by atoms with Crippen LogP contribution in [0.25, 0.3) is 5.82 Å². The first-order valence-corrected chi connectivity index (χ1v) is 6.83. The summed E-state index contributed by atoms with van der Waals surface area (Å²) in [7, 11) is 1.78. The second-order valence-electron chi connectivity index (χ2n) is 5.31. The number of carbonyl (C=O) groups excluding carboxylic acids is 1. The average Bonchev–Trinajstić information content (AvgIpc) is 3.17. The summed E-state index contributed by atoms with van der Waals surface area (Å²) in [4.78, 5) is 12.3. The van der Waals surface area contributed by atoms with Crippen LogP contribution in [0.5, 0.6) is 0 Å². The number of amides is 1. The van der Waals surface area contributed by atoms with E-state index < -0.39 is 5.60 Å². The van der Waals surface area contributed by atoms with Crippen LogP contribution in [-0.4, -0.2) is 50.7 Å². The van der Waals surface area contributed by atoms with Crippen LogP contribution >= 0.6 is 0 Å². The Kier molecular flexibility index (Phi) is 3.52. The highest BCUT2D eigenvalue weighted by molar-refractivity contribution is 5.97. The van der Waals surface area contributed by atoms with Gasteiger partial charge >= 0.3 is 0 Å². The fraction of sp³-hybridized carbons (Fsp3) is 0.429. The molecule has 112 valence electrons. The van der Waals surface area contributed by atoms with Crippen molar-refractivity contribution in [2.75, 3.05) is 19.8 Å². The maximum absolute atomic E-state index is 12.3. The predicted molar refractivity (Wildman–Crippen MR) is 75.3 cm³/mol. The number of nitrogens with zero attached hydrogens (tertiary/aromatic N) is 3. The van der Waals surface area contributed by atoms with Gasteiger partial charge in [0.1, 0.15) is 17.0 Å². The Morgan fingerprint density at radius 1 is 1.52 bits per heavy atom. The SMILES string of the molecule is Cn1ncc(C(=O)NCC2(O)CCOC2)c1-n1cccc1. The molecule has 0 spiro atoms. The first-order valence-electron chi connectivity index (χ1n) is 6.83. The summed E-state index contributed by atoms with van der Waals surface area (Å²) in [6, 6.07) is 3.76. The molecule has 2 N–H and O–H groups in total. The normalized spacial score (nSPS) is 21.6. The molecule has 1 aliphatic heterocycles. The van der Waals surface area contributed by atoms with Crippen molar-refractivity contribution in [1.82, 2.24) is 19.7 Å². The molecule has 1 fully saturated rings. The highest BCUT2D eigenvalue weighted by Gasteiger charge is 2.33. The van der Waals surface area contributed by atoms with E-state index in [9.17, 15) is 9.90 Å². The van der Waals surface area contributed by atoms with Crippen LogP contribution in [0.15, 0.2) is 30.7 Å². The monoisotopic (exact) mass is 290 g/mol. The molecule has 21 heavy (non-hydrogen) atoms. The van der Waals surface area contributed by atoms with Crippen molar-refractivity contribution in [2.45, 2.75) is 12.0 Å². The minimum absolute atomic E-state index is 0.172. The number of hydrogen-bond acceptors (Lipinski definition) is 4. The molecule has 2 aromatic heterocycles. The molecule has 0 aliphatic carbocycles. The lowest BCUT2D eigenvalue weighted by Gasteiger charge is -2.20. The average molecular weight is 290 g/mol. The molecule has 0 saturated carbocycles. The fourth-order valence-corrected chi connectivity index (χ4v) is 2.45. The van der Waals surface area contributed by atoms with Gasteiger partial charge in [-0.1, -0.05) is 0 Å². The number of aryl methyl sites for hydroxylation is 1. The molecule has 7 heteroatoms. The maximum atomic E-state index is 12.3. The lowest BCUT2D eigenvalue weighted by atomic mass is 10.0. The quantitative estimate of drug-likeness (QED) is 0.836. The van der Waals surface area contributed by atoms with E-state index in [0.29, 0.717) is 24.4 Å². The highest BCUT2D eigenvalue weighted by atomic mass is 16.5. The number of aliphatic hydroxyl groups is 1. The third kappa shape index (κ3) is 2.70. The number of rotatable bonds is 4. The Morgan fingerprint density at radius 3 is 2.95 bits per heavy atom. The zero-order chi connectivity index (χ0) is 14.9. The summed E-state index contributed by atoms with van der Waals surface area (Å²) in [5, 5.41) is 17.1. The van der Waals surface area contributed by atoms with Crippen molar-refractivity contribution in [2.24, 2.45) is 7.05 Å². The van der Waals surface area contributed by atoms with Gasteiger partial charge in [0.25, 0.3) is 5.91 Å². The van der Waals surface area contributed by atoms with Gasteiger partial charge in [-0.05, 0) is 12.1 Å². The van der Waals surface area contributed by atoms with Crippen molar-refractivity contribution in [3.05, 3.63) is 36.3 Å². The van der Waals surface area contributed by atoms with Crippen LogP contribution in [0.2, 0.25) is 0 Å². The van der Waals surface area contributed by atoms with Crippen LogP contribution in [0.4, 0.5) is 0 Å². The van der Waals surface area contributed by atoms with Crippen molar-refractivity contribution >= 4 is 5.91 Å². The second kappa shape index (κ2) is 5.34. The number of aromatic nitrogens is 3. The van der Waals surface area contributed by atoms with E-state index in [-0.39, 0.29) is 19.1 Å². The summed E-state index contributed by atoms with van der Waals surface area (Å²) in [6.45, 7) is 0.949. The van der Waals surface area contributed by atoms with Crippen molar-refractivity contribution in [1.29, 1.82) is 0 Å². The van der Waals surface area contributed by atoms with Gasteiger partial charge < -0.3 is 19.7 Å². The topological polar surface area (TPSA) is 81.3 Å². The summed E-state index contributed by atoms with van der Waals surface area (Å²) >= 11 is 0. The molecule has 7 nitrogen and oxygen atoms in total. The first kappa shape index (κ1) is 13.8. The summed E-state index contributed by atoms with van der Waals surface area (Å²) < 4.78 is 8.63. The minimum atomic E-state index is -0.967. The molecule has 3 rings (SSSR count). The summed E-state index contributed by atoms with van der Waals surface area (Å²) in [5.74, 6) is 0.430. The molecular formula is C14H18N4O3. The maximum Gasteiger partial charge on any atom is 0.256 e. The molecule has 1 aliphatic rings. The molecule has 0 aromatic carbocycles. The smallest absolute Gasteiger partial charge is 0.256 e. The van der Waals surface area contributed by atoms with E-state index in [0.717, 1.165) is 0 Å². The molecule has 1 unspecified atom stereocenters. The highest BCUT2D eigenvalue weighted by Crippen LogP contribution is 2.18. The Balaban J connectivity index is 1.76.